The Balaban J connectivity index is 1.76. The van der Waals surface area contributed by atoms with Crippen molar-refractivity contribution in [1.82, 2.24) is 0 Å². The highest BCUT2D eigenvalue weighted by Crippen LogP contribution is 2.23. The Morgan fingerprint density at radius 1 is 0.875 bits per heavy atom. The molecule has 3 aromatic rings. The minimum Gasteiger partial charge on any atom is -0.465 e. The van der Waals surface area contributed by atoms with E-state index in [9.17, 15) is 18.0 Å². The molecular formula is C24H24N2O5S. The van der Waals surface area contributed by atoms with Crippen LogP contribution in [0.1, 0.15) is 31.8 Å². The monoisotopic (exact) mass is 452 g/mol. The number of aryl methyl sites for hydroxylation is 2. The molecular weight excluding hydrogens is 428 g/mol. The van der Waals surface area contributed by atoms with Crippen molar-refractivity contribution in [2.75, 3.05) is 23.8 Å². The molecule has 1 N–H and O–H groups in total. The van der Waals surface area contributed by atoms with Crippen LogP contribution < -0.4 is 9.62 Å². The largest absolute Gasteiger partial charge is 0.465 e. The fraction of sp³-hybridized carbons (Fsp3) is 0.167. The maximum atomic E-state index is 12.9. The Morgan fingerprint density at radius 3 is 2.03 bits per heavy atom. The third kappa shape index (κ3) is 4.81. The number of hydrogen-bond acceptors (Lipinski definition) is 5. The lowest BCUT2D eigenvalue weighted by Gasteiger charge is -2.20. The fourth-order valence-electron chi connectivity index (χ4n) is 3.07. The fourth-order valence-corrected chi connectivity index (χ4v) is 4.27. The SMILES string of the molecule is COC(=O)c1ccc(NC(=O)c2ccc(N(C)S(=O)(=O)c3ccc(C)cc3)cc2)c(C)c1. The van der Waals surface area contributed by atoms with Crippen molar-refractivity contribution in [2.45, 2.75) is 18.7 Å². The number of rotatable bonds is 6. The molecule has 0 saturated heterocycles. The second kappa shape index (κ2) is 9.23. The van der Waals surface area contributed by atoms with Gasteiger partial charge in [-0.25, -0.2) is 13.2 Å². The summed E-state index contributed by atoms with van der Waals surface area (Å²) >= 11 is 0. The summed E-state index contributed by atoms with van der Waals surface area (Å²) in [5, 5.41) is 2.80. The van der Waals surface area contributed by atoms with Crippen molar-refractivity contribution in [3.63, 3.8) is 0 Å². The van der Waals surface area contributed by atoms with Crippen molar-refractivity contribution >= 4 is 33.3 Å². The number of ether oxygens (including phenoxy) is 1. The summed E-state index contributed by atoms with van der Waals surface area (Å²) < 4.78 is 31.6. The van der Waals surface area contributed by atoms with Gasteiger partial charge in [0.1, 0.15) is 0 Å². The molecule has 0 saturated carbocycles. The van der Waals surface area contributed by atoms with Crippen LogP contribution in [-0.2, 0) is 14.8 Å². The van der Waals surface area contributed by atoms with Gasteiger partial charge in [0, 0.05) is 18.3 Å². The molecule has 32 heavy (non-hydrogen) atoms. The molecule has 0 aromatic heterocycles. The van der Waals surface area contributed by atoms with Crippen LogP contribution in [-0.4, -0.2) is 34.5 Å². The molecule has 166 valence electrons. The Hall–Kier alpha value is -3.65. The summed E-state index contributed by atoms with van der Waals surface area (Å²) in [4.78, 5) is 24.5. The van der Waals surface area contributed by atoms with Crippen LogP contribution >= 0.6 is 0 Å². The molecule has 0 bridgehead atoms. The number of carbonyl (C=O) groups excluding carboxylic acids is 2. The Morgan fingerprint density at radius 2 is 1.47 bits per heavy atom. The quantitative estimate of drug-likeness (QED) is 0.567. The van der Waals surface area contributed by atoms with Crippen molar-refractivity contribution in [1.29, 1.82) is 0 Å². The summed E-state index contributed by atoms with van der Waals surface area (Å²) in [7, 11) is -0.940. The van der Waals surface area contributed by atoms with Crippen LogP contribution in [0.5, 0.6) is 0 Å². The molecule has 0 spiro atoms. The van der Waals surface area contributed by atoms with Gasteiger partial charge in [0.2, 0.25) is 0 Å². The first-order chi connectivity index (χ1) is 15.1. The number of anilines is 2. The second-order valence-corrected chi connectivity index (χ2v) is 9.28. The maximum absolute atomic E-state index is 12.9. The number of methoxy groups -OCH3 is 1. The molecule has 0 aliphatic heterocycles. The lowest BCUT2D eigenvalue weighted by molar-refractivity contribution is 0.0600. The highest BCUT2D eigenvalue weighted by Gasteiger charge is 2.21. The first kappa shape index (κ1) is 23.0. The maximum Gasteiger partial charge on any atom is 0.337 e. The van der Waals surface area contributed by atoms with Gasteiger partial charge in [-0.2, -0.15) is 0 Å². The standard InChI is InChI=1S/C24H24N2O5S/c1-16-5-12-21(13-6-16)32(29,30)26(3)20-10-7-18(8-11-20)23(27)25-22-14-9-19(15-17(22)2)24(28)31-4/h5-15H,1-4H3,(H,25,27). The first-order valence-electron chi connectivity index (χ1n) is 9.79. The zero-order valence-electron chi connectivity index (χ0n) is 18.2. The average molecular weight is 453 g/mol. The summed E-state index contributed by atoms with van der Waals surface area (Å²) in [5.74, 6) is -0.805. The summed E-state index contributed by atoms with van der Waals surface area (Å²) in [5.41, 5.74) is 3.43. The van der Waals surface area contributed by atoms with Crippen LogP contribution in [0.4, 0.5) is 11.4 Å². The molecule has 3 aromatic carbocycles. The molecule has 0 radical (unpaired) electrons. The Labute approximate surface area is 187 Å². The third-order valence-corrected chi connectivity index (χ3v) is 6.87. The third-order valence-electron chi connectivity index (χ3n) is 5.07. The highest BCUT2D eigenvalue weighted by molar-refractivity contribution is 7.92. The van der Waals surface area contributed by atoms with Gasteiger partial charge in [0.05, 0.1) is 23.3 Å². The summed E-state index contributed by atoms with van der Waals surface area (Å²) in [6, 6.07) is 17.7. The molecule has 0 aliphatic rings. The zero-order valence-corrected chi connectivity index (χ0v) is 19.1. The van der Waals surface area contributed by atoms with Crippen molar-refractivity contribution in [3.05, 3.63) is 89.0 Å². The minimum atomic E-state index is -3.71. The number of amides is 1. The number of carbonyl (C=O) groups is 2. The van der Waals surface area contributed by atoms with E-state index in [1.165, 1.54) is 18.5 Å². The van der Waals surface area contributed by atoms with Gasteiger partial charge in [-0.05, 0) is 74.0 Å². The van der Waals surface area contributed by atoms with Gasteiger partial charge in [0.25, 0.3) is 15.9 Å². The van der Waals surface area contributed by atoms with E-state index in [0.29, 0.717) is 28.1 Å². The van der Waals surface area contributed by atoms with Crippen LogP contribution in [0.15, 0.2) is 71.6 Å². The van der Waals surface area contributed by atoms with Crippen molar-refractivity contribution in [2.24, 2.45) is 0 Å². The summed E-state index contributed by atoms with van der Waals surface area (Å²) in [6.45, 7) is 3.66. The molecule has 3 rings (SSSR count). The number of esters is 1. The van der Waals surface area contributed by atoms with Gasteiger partial charge in [-0.3, -0.25) is 9.10 Å². The van der Waals surface area contributed by atoms with E-state index >= 15 is 0 Å². The van der Waals surface area contributed by atoms with E-state index < -0.39 is 16.0 Å². The van der Waals surface area contributed by atoms with Crippen molar-refractivity contribution in [3.8, 4) is 0 Å². The minimum absolute atomic E-state index is 0.193. The average Bonchev–Trinajstić information content (AvgIpc) is 2.79. The normalized spacial score (nSPS) is 11.0. The highest BCUT2D eigenvalue weighted by atomic mass is 32.2. The first-order valence-corrected chi connectivity index (χ1v) is 11.2. The molecule has 0 aliphatic carbocycles. The molecule has 1 amide bonds. The van der Waals surface area contributed by atoms with Gasteiger partial charge >= 0.3 is 5.97 Å². The van der Waals surface area contributed by atoms with Crippen LogP contribution in [0.3, 0.4) is 0 Å². The zero-order chi connectivity index (χ0) is 23.5. The molecule has 8 heteroatoms. The number of nitrogens with one attached hydrogen (secondary N) is 1. The van der Waals surface area contributed by atoms with Gasteiger partial charge in [-0.15, -0.1) is 0 Å². The van der Waals surface area contributed by atoms with Gasteiger partial charge < -0.3 is 10.1 Å². The van der Waals surface area contributed by atoms with Crippen LogP contribution in [0.2, 0.25) is 0 Å². The number of hydrogen-bond donors (Lipinski definition) is 1. The number of benzene rings is 3. The van der Waals surface area contributed by atoms with Crippen molar-refractivity contribution < 1.29 is 22.7 Å². The lowest BCUT2D eigenvalue weighted by Crippen LogP contribution is -2.26. The second-order valence-electron chi connectivity index (χ2n) is 7.31. The van der Waals surface area contributed by atoms with E-state index in [2.05, 4.69) is 5.32 Å². The van der Waals surface area contributed by atoms with Gasteiger partial charge in [-0.1, -0.05) is 17.7 Å². The van der Waals surface area contributed by atoms with Gasteiger partial charge in [0.15, 0.2) is 0 Å². The molecule has 0 heterocycles. The number of sulfonamides is 1. The predicted octanol–water partition coefficient (Wildman–Crippen LogP) is 4.17. The number of nitrogens with zero attached hydrogens (tertiary/aromatic N) is 1. The lowest BCUT2D eigenvalue weighted by atomic mass is 10.1. The Bertz CT molecular complexity index is 1250. The van der Waals surface area contributed by atoms with E-state index in [1.54, 1.807) is 73.7 Å². The van der Waals surface area contributed by atoms with Crippen LogP contribution in [0, 0.1) is 13.8 Å². The molecule has 0 unspecified atom stereocenters. The smallest absolute Gasteiger partial charge is 0.337 e. The predicted molar refractivity (Wildman–Crippen MR) is 124 cm³/mol. The molecule has 7 nitrogen and oxygen atoms in total. The van der Waals surface area contributed by atoms with E-state index in [4.69, 9.17) is 4.74 Å². The molecule has 0 atom stereocenters. The van der Waals surface area contributed by atoms with E-state index in [1.807, 2.05) is 6.92 Å². The topological polar surface area (TPSA) is 92.8 Å². The summed E-state index contributed by atoms with van der Waals surface area (Å²) in [6.07, 6.45) is 0. The van der Waals surface area contributed by atoms with Crippen LogP contribution in [0.25, 0.3) is 0 Å². The molecule has 0 fully saturated rings. The van der Waals surface area contributed by atoms with E-state index in [0.717, 1.165) is 5.56 Å². The Kier molecular flexibility index (Phi) is 6.64. The van der Waals surface area contributed by atoms with E-state index in [-0.39, 0.29) is 10.8 Å².